The molecule has 1 fully saturated rings. The highest BCUT2D eigenvalue weighted by Gasteiger charge is 2.19. The maximum absolute atomic E-state index is 12.3. The number of nitrogens with one attached hydrogen (secondary N) is 2. The molecule has 37 heavy (non-hydrogen) atoms. The van der Waals surface area contributed by atoms with Gasteiger partial charge in [0.15, 0.2) is 5.82 Å². The van der Waals surface area contributed by atoms with Gasteiger partial charge in [0.2, 0.25) is 5.91 Å². The Morgan fingerprint density at radius 2 is 1.51 bits per heavy atom. The first-order valence-electron chi connectivity index (χ1n) is 11.6. The molecule has 1 aliphatic heterocycles. The molecule has 4 rings (SSSR count). The highest BCUT2D eigenvalue weighted by atomic mass is 16.5. The van der Waals surface area contributed by atoms with Crippen LogP contribution in [0.4, 0.5) is 22.0 Å². The van der Waals surface area contributed by atoms with Gasteiger partial charge in [-0.25, -0.2) is 14.8 Å². The number of hydrogen-bond acceptors (Lipinski definition) is 8. The molecule has 2 heterocycles. The van der Waals surface area contributed by atoms with Crippen LogP contribution in [0.25, 0.3) is 11.4 Å². The molecule has 0 saturated carbocycles. The minimum Gasteiger partial charge on any atom is -0.378 e. The van der Waals surface area contributed by atoms with Crippen molar-refractivity contribution in [2.75, 3.05) is 41.8 Å². The van der Waals surface area contributed by atoms with E-state index in [1.165, 1.54) is 0 Å². The Balaban J connectivity index is 0.00000121. The van der Waals surface area contributed by atoms with Gasteiger partial charge in [0.25, 0.3) is 0 Å². The van der Waals surface area contributed by atoms with Gasteiger partial charge in [0.05, 0.1) is 13.2 Å². The summed E-state index contributed by atoms with van der Waals surface area (Å²) in [5.41, 5.74) is 9.80. The lowest BCUT2D eigenvalue weighted by Crippen LogP contribution is -2.37. The van der Waals surface area contributed by atoms with E-state index in [-0.39, 0.29) is 6.15 Å². The lowest BCUT2D eigenvalue weighted by Gasteiger charge is -2.29. The smallest absolute Gasteiger partial charge is 0.373 e. The van der Waals surface area contributed by atoms with Crippen LogP contribution in [0, 0.1) is 6.92 Å². The number of hydrogen-bond donors (Lipinski definition) is 3. The largest absolute Gasteiger partial charge is 0.378 e. The highest BCUT2D eigenvalue weighted by Crippen LogP contribution is 2.26. The van der Waals surface area contributed by atoms with Crippen LogP contribution in [0.15, 0.2) is 48.5 Å². The number of carbonyl (C=O) groups excluding carboxylic acids is 4. The van der Waals surface area contributed by atoms with Crippen LogP contribution in [0.2, 0.25) is 0 Å². The number of amides is 3. The summed E-state index contributed by atoms with van der Waals surface area (Å²) in [7, 11) is 0. The molecule has 3 amide bonds. The van der Waals surface area contributed by atoms with Crippen LogP contribution in [-0.4, -0.2) is 54.4 Å². The number of carbonyl (C=O) groups is 2. The second-order valence-electron chi connectivity index (χ2n) is 8.08. The SMILES string of the molecule is CCc1nc(-c2ccc(NC(=O)Nc3ccc(C(N)=O)cc3)cc2)nc(N2CCOCC2)c1C.O=C=O. The van der Waals surface area contributed by atoms with E-state index >= 15 is 0 Å². The summed E-state index contributed by atoms with van der Waals surface area (Å²) in [6.45, 7) is 7.17. The zero-order valence-electron chi connectivity index (χ0n) is 20.6. The van der Waals surface area contributed by atoms with Crippen molar-refractivity contribution in [2.45, 2.75) is 20.3 Å². The Morgan fingerprint density at radius 3 is 2.03 bits per heavy atom. The molecule has 0 radical (unpaired) electrons. The van der Waals surface area contributed by atoms with Crippen molar-refractivity contribution >= 4 is 35.3 Å². The number of morpholine rings is 1. The van der Waals surface area contributed by atoms with Crippen molar-refractivity contribution < 1.29 is 23.9 Å². The third kappa shape index (κ3) is 7.20. The number of anilines is 3. The van der Waals surface area contributed by atoms with Crippen molar-refractivity contribution in [3.8, 4) is 11.4 Å². The van der Waals surface area contributed by atoms with Crippen LogP contribution in [0.1, 0.15) is 28.5 Å². The van der Waals surface area contributed by atoms with E-state index in [9.17, 15) is 9.59 Å². The summed E-state index contributed by atoms with van der Waals surface area (Å²) in [6.07, 6.45) is 1.07. The number of primary amides is 1. The molecule has 2 aromatic carbocycles. The Labute approximate surface area is 214 Å². The quantitative estimate of drug-likeness (QED) is 0.462. The number of nitrogens with two attached hydrogens (primary N) is 1. The summed E-state index contributed by atoms with van der Waals surface area (Å²) >= 11 is 0. The predicted molar refractivity (Wildman–Crippen MR) is 137 cm³/mol. The maximum Gasteiger partial charge on any atom is 0.373 e. The first-order valence-corrected chi connectivity index (χ1v) is 11.6. The minimum atomic E-state index is -0.517. The maximum atomic E-state index is 12.3. The molecule has 3 aromatic rings. The molecule has 0 atom stereocenters. The van der Waals surface area contributed by atoms with E-state index in [1.807, 2.05) is 24.3 Å². The average molecular weight is 505 g/mol. The van der Waals surface area contributed by atoms with E-state index in [0.717, 1.165) is 42.1 Å². The number of benzene rings is 2. The third-order valence-electron chi connectivity index (χ3n) is 5.69. The Bertz CT molecular complexity index is 1270. The molecule has 4 N–H and O–H groups in total. The first kappa shape index (κ1) is 27.0. The molecule has 1 aromatic heterocycles. The summed E-state index contributed by atoms with van der Waals surface area (Å²) in [4.78, 5) is 51.7. The van der Waals surface area contributed by atoms with Gasteiger partial charge in [0.1, 0.15) is 5.82 Å². The average Bonchev–Trinajstić information content (AvgIpc) is 2.90. The Hall–Kier alpha value is -4.60. The fourth-order valence-corrected chi connectivity index (χ4v) is 3.82. The molecule has 0 unspecified atom stereocenters. The van der Waals surface area contributed by atoms with E-state index in [4.69, 9.17) is 30.0 Å². The fraction of sp³-hybridized carbons (Fsp3) is 0.269. The number of urea groups is 1. The molecule has 0 bridgehead atoms. The third-order valence-corrected chi connectivity index (χ3v) is 5.69. The number of aryl methyl sites for hydroxylation is 1. The summed E-state index contributed by atoms with van der Waals surface area (Å²) in [6, 6.07) is 13.4. The molecular formula is C26H28N6O5. The van der Waals surface area contributed by atoms with Crippen molar-refractivity contribution in [1.82, 2.24) is 9.97 Å². The van der Waals surface area contributed by atoms with Gasteiger partial charge < -0.3 is 26.0 Å². The second kappa shape index (κ2) is 12.9. The zero-order chi connectivity index (χ0) is 26.8. The highest BCUT2D eigenvalue weighted by molar-refractivity contribution is 6.00. The standard InChI is InChI=1S/C25H28N6O3.CO2/c1-3-21-16(2)24(31-12-14-34-15-13-31)30-23(29-21)18-6-10-20(11-7-18)28-25(33)27-19-8-4-17(5-9-19)22(26)32;2-1-3/h4-11H,3,12-15H2,1-2H3,(H2,26,32)(H2,27,28,33);. The van der Waals surface area contributed by atoms with Gasteiger partial charge in [0, 0.05) is 46.8 Å². The Kier molecular flexibility index (Phi) is 9.42. The minimum absolute atomic E-state index is 0.250. The van der Waals surface area contributed by atoms with Crippen LogP contribution >= 0.6 is 0 Å². The number of ether oxygens (including phenoxy) is 1. The van der Waals surface area contributed by atoms with Crippen molar-refractivity contribution in [2.24, 2.45) is 5.73 Å². The van der Waals surface area contributed by atoms with Crippen molar-refractivity contribution in [3.63, 3.8) is 0 Å². The molecule has 11 nitrogen and oxygen atoms in total. The van der Waals surface area contributed by atoms with Crippen LogP contribution < -0.4 is 21.3 Å². The van der Waals surface area contributed by atoms with Gasteiger partial charge in [-0.1, -0.05) is 6.92 Å². The van der Waals surface area contributed by atoms with Gasteiger partial charge >= 0.3 is 12.2 Å². The number of rotatable bonds is 6. The van der Waals surface area contributed by atoms with E-state index in [0.29, 0.717) is 36.0 Å². The van der Waals surface area contributed by atoms with Crippen molar-refractivity contribution in [3.05, 3.63) is 65.4 Å². The predicted octanol–water partition coefficient (Wildman–Crippen LogP) is 3.01. The topological polar surface area (TPSA) is 157 Å². The normalized spacial score (nSPS) is 12.5. The summed E-state index contributed by atoms with van der Waals surface area (Å²) < 4.78 is 5.49. The molecule has 11 heteroatoms. The number of nitrogens with zero attached hydrogens (tertiary/aromatic N) is 3. The van der Waals surface area contributed by atoms with E-state index < -0.39 is 11.9 Å². The molecule has 192 valence electrons. The van der Waals surface area contributed by atoms with Gasteiger partial charge in [-0.2, -0.15) is 9.59 Å². The van der Waals surface area contributed by atoms with E-state index in [2.05, 4.69) is 29.4 Å². The first-order chi connectivity index (χ1) is 17.9. The van der Waals surface area contributed by atoms with Crippen molar-refractivity contribution in [1.29, 1.82) is 0 Å². The van der Waals surface area contributed by atoms with Gasteiger partial charge in [-0.15, -0.1) is 0 Å². The fourth-order valence-electron chi connectivity index (χ4n) is 3.82. The lowest BCUT2D eigenvalue weighted by atomic mass is 10.1. The summed E-state index contributed by atoms with van der Waals surface area (Å²) in [5.74, 6) is 1.10. The molecular weight excluding hydrogens is 476 g/mol. The second-order valence-corrected chi connectivity index (χ2v) is 8.08. The van der Waals surface area contributed by atoms with Gasteiger partial charge in [-0.3, -0.25) is 4.79 Å². The zero-order valence-corrected chi connectivity index (χ0v) is 20.6. The number of aromatic nitrogens is 2. The monoisotopic (exact) mass is 504 g/mol. The molecule has 1 aliphatic rings. The van der Waals surface area contributed by atoms with Crippen LogP contribution in [-0.2, 0) is 20.7 Å². The summed E-state index contributed by atoms with van der Waals surface area (Å²) in [5, 5.41) is 5.52. The molecule has 0 aliphatic carbocycles. The molecule has 1 saturated heterocycles. The molecule has 0 spiro atoms. The van der Waals surface area contributed by atoms with E-state index in [1.54, 1.807) is 24.3 Å². The van der Waals surface area contributed by atoms with Gasteiger partial charge in [-0.05, 0) is 61.9 Å². The lowest BCUT2D eigenvalue weighted by molar-refractivity contribution is -0.191. The Morgan fingerprint density at radius 1 is 0.973 bits per heavy atom. The van der Waals surface area contributed by atoms with Crippen LogP contribution in [0.3, 0.4) is 0 Å². The van der Waals surface area contributed by atoms with Crippen LogP contribution in [0.5, 0.6) is 0 Å².